The molecule has 4 rings (SSSR count). The molecule has 5 heteroatoms. The SMILES string of the molecule is N#Cc1ccc(NC(=O)CN2CCc3sccc3[C@H]2c2ccccc2)cc1. The Hall–Kier alpha value is -2.94. The van der Waals surface area contributed by atoms with E-state index < -0.39 is 0 Å². The molecule has 2 heterocycles. The molecule has 0 unspecified atom stereocenters. The number of hydrogen-bond donors (Lipinski definition) is 1. The minimum absolute atomic E-state index is 0.0423. The first-order valence-corrected chi connectivity index (χ1v) is 9.78. The molecule has 0 radical (unpaired) electrons. The molecule has 1 aliphatic rings. The minimum atomic E-state index is -0.0423. The largest absolute Gasteiger partial charge is 0.325 e. The highest BCUT2D eigenvalue weighted by Gasteiger charge is 2.30. The quantitative estimate of drug-likeness (QED) is 0.745. The highest BCUT2D eigenvalue weighted by molar-refractivity contribution is 7.10. The molecule has 1 aliphatic heterocycles. The number of hydrogen-bond acceptors (Lipinski definition) is 4. The average Bonchev–Trinajstić information content (AvgIpc) is 3.18. The standard InChI is InChI=1S/C22H19N3OS/c23-14-16-6-8-18(9-7-16)24-21(26)15-25-12-10-20-19(11-13-27-20)22(25)17-4-2-1-3-5-17/h1-9,11,13,22H,10,12,15H2,(H,24,26)/t22-/m1/s1. The zero-order valence-electron chi connectivity index (χ0n) is 14.8. The van der Waals surface area contributed by atoms with Gasteiger partial charge in [-0.1, -0.05) is 30.3 Å². The summed E-state index contributed by atoms with van der Waals surface area (Å²) in [5.41, 5.74) is 3.81. The van der Waals surface area contributed by atoms with E-state index in [9.17, 15) is 4.79 Å². The first kappa shape index (κ1) is 17.5. The minimum Gasteiger partial charge on any atom is -0.325 e. The fraction of sp³-hybridized carbons (Fsp3) is 0.182. The summed E-state index contributed by atoms with van der Waals surface area (Å²) in [6.45, 7) is 1.18. The van der Waals surface area contributed by atoms with E-state index in [4.69, 9.17) is 5.26 Å². The number of amides is 1. The fourth-order valence-corrected chi connectivity index (χ4v) is 4.48. The molecule has 0 aliphatic carbocycles. The monoisotopic (exact) mass is 373 g/mol. The second kappa shape index (κ2) is 7.75. The second-order valence-corrected chi connectivity index (χ2v) is 7.57. The number of thiophene rings is 1. The fourth-order valence-electron chi connectivity index (χ4n) is 3.58. The molecule has 0 spiro atoms. The van der Waals surface area contributed by atoms with Gasteiger partial charge in [0, 0.05) is 17.1 Å². The van der Waals surface area contributed by atoms with Gasteiger partial charge >= 0.3 is 0 Å². The molecule has 0 saturated heterocycles. The summed E-state index contributed by atoms with van der Waals surface area (Å²) in [5.74, 6) is -0.0423. The Morgan fingerprint density at radius 3 is 2.67 bits per heavy atom. The van der Waals surface area contributed by atoms with Crippen LogP contribution in [0.3, 0.4) is 0 Å². The molecule has 3 aromatic rings. The number of anilines is 1. The molecule has 1 aromatic heterocycles. The van der Waals surface area contributed by atoms with Crippen molar-refractivity contribution in [1.29, 1.82) is 5.26 Å². The van der Waals surface area contributed by atoms with Gasteiger partial charge in [-0.3, -0.25) is 9.69 Å². The number of nitriles is 1. The van der Waals surface area contributed by atoms with Crippen LogP contribution in [0.5, 0.6) is 0 Å². The van der Waals surface area contributed by atoms with Crippen molar-refractivity contribution in [2.24, 2.45) is 0 Å². The lowest BCUT2D eigenvalue weighted by molar-refractivity contribution is -0.117. The van der Waals surface area contributed by atoms with Crippen LogP contribution in [0.25, 0.3) is 0 Å². The molecule has 1 N–H and O–H groups in total. The number of benzene rings is 2. The molecular formula is C22H19N3OS. The Balaban J connectivity index is 1.53. The number of nitrogens with one attached hydrogen (secondary N) is 1. The Bertz CT molecular complexity index is 973. The second-order valence-electron chi connectivity index (χ2n) is 6.57. The van der Waals surface area contributed by atoms with Crippen molar-refractivity contribution >= 4 is 22.9 Å². The van der Waals surface area contributed by atoms with Crippen LogP contribution < -0.4 is 5.32 Å². The van der Waals surface area contributed by atoms with E-state index in [1.165, 1.54) is 16.0 Å². The third kappa shape index (κ3) is 3.77. The summed E-state index contributed by atoms with van der Waals surface area (Å²) in [6.07, 6.45) is 0.973. The average molecular weight is 373 g/mol. The molecular weight excluding hydrogens is 354 g/mol. The van der Waals surface area contributed by atoms with Gasteiger partial charge in [0.25, 0.3) is 0 Å². The molecule has 27 heavy (non-hydrogen) atoms. The Morgan fingerprint density at radius 1 is 1.15 bits per heavy atom. The number of carbonyl (C=O) groups is 1. The Kier molecular flexibility index (Phi) is 5.01. The number of rotatable bonds is 4. The van der Waals surface area contributed by atoms with Crippen LogP contribution in [0.15, 0.2) is 66.0 Å². The Labute approximate surface area is 162 Å². The summed E-state index contributed by atoms with van der Waals surface area (Å²) in [5, 5.41) is 14.0. The summed E-state index contributed by atoms with van der Waals surface area (Å²) >= 11 is 1.80. The van der Waals surface area contributed by atoms with Crippen LogP contribution in [-0.4, -0.2) is 23.9 Å². The van der Waals surface area contributed by atoms with Gasteiger partial charge in [0.05, 0.1) is 24.2 Å². The maximum atomic E-state index is 12.6. The smallest absolute Gasteiger partial charge is 0.238 e. The first-order chi connectivity index (χ1) is 13.2. The molecule has 0 saturated carbocycles. The zero-order chi connectivity index (χ0) is 18.6. The lowest BCUT2D eigenvalue weighted by Gasteiger charge is -2.35. The topological polar surface area (TPSA) is 56.1 Å². The van der Waals surface area contributed by atoms with Crippen molar-refractivity contribution in [1.82, 2.24) is 4.90 Å². The molecule has 0 bridgehead atoms. The van der Waals surface area contributed by atoms with Gasteiger partial charge in [0.15, 0.2) is 0 Å². The number of nitrogens with zero attached hydrogens (tertiary/aromatic N) is 2. The third-order valence-electron chi connectivity index (χ3n) is 4.83. The van der Waals surface area contributed by atoms with E-state index in [0.29, 0.717) is 17.8 Å². The van der Waals surface area contributed by atoms with Gasteiger partial charge in [-0.25, -0.2) is 0 Å². The lowest BCUT2D eigenvalue weighted by Crippen LogP contribution is -2.40. The van der Waals surface area contributed by atoms with Gasteiger partial charge in [-0.05, 0) is 53.3 Å². The molecule has 0 fully saturated rings. The highest BCUT2D eigenvalue weighted by Crippen LogP contribution is 2.37. The summed E-state index contributed by atoms with van der Waals surface area (Å²) in [7, 11) is 0. The molecule has 1 atom stereocenters. The van der Waals surface area contributed by atoms with Crippen molar-refractivity contribution in [3.8, 4) is 6.07 Å². The van der Waals surface area contributed by atoms with Crippen LogP contribution in [0.4, 0.5) is 5.69 Å². The maximum absolute atomic E-state index is 12.6. The maximum Gasteiger partial charge on any atom is 0.238 e. The van der Waals surface area contributed by atoms with Crippen molar-refractivity contribution in [2.75, 3.05) is 18.4 Å². The van der Waals surface area contributed by atoms with Crippen molar-refractivity contribution in [3.05, 3.63) is 87.6 Å². The van der Waals surface area contributed by atoms with Crippen LogP contribution in [-0.2, 0) is 11.2 Å². The van der Waals surface area contributed by atoms with Gasteiger partial charge in [-0.2, -0.15) is 5.26 Å². The van der Waals surface area contributed by atoms with E-state index in [-0.39, 0.29) is 11.9 Å². The van der Waals surface area contributed by atoms with Crippen molar-refractivity contribution in [2.45, 2.75) is 12.5 Å². The Morgan fingerprint density at radius 2 is 1.93 bits per heavy atom. The normalized spacial score (nSPS) is 16.3. The molecule has 1 amide bonds. The van der Waals surface area contributed by atoms with Crippen LogP contribution in [0.2, 0.25) is 0 Å². The first-order valence-electron chi connectivity index (χ1n) is 8.90. The van der Waals surface area contributed by atoms with Crippen molar-refractivity contribution < 1.29 is 4.79 Å². The molecule has 2 aromatic carbocycles. The predicted molar refractivity (Wildman–Crippen MR) is 108 cm³/mol. The van der Waals surface area contributed by atoms with E-state index >= 15 is 0 Å². The van der Waals surface area contributed by atoms with E-state index in [1.54, 1.807) is 35.6 Å². The van der Waals surface area contributed by atoms with E-state index in [1.807, 2.05) is 18.2 Å². The number of carbonyl (C=O) groups excluding carboxylic acids is 1. The highest BCUT2D eigenvalue weighted by atomic mass is 32.1. The molecule has 134 valence electrons. The van der Waals surface area contributed by atoms with E-state index in [2.05, 4.69) is 39.9 Å². The third-order valence-corrected chi connectivity index (χ3v) is 5.82. The molecule has 4 nitrogen and oxygen atoms in total. The van der Waals surface area contributed by atoms with Crippen molar-refractivity contribution in [3.63, 3.8) is 0 Å². The summed E-state index contributed by atoms with van der Waals surface area (Å²) < 4.78 is 0. The zero-order valence-corrected chi connectivity index (χ0v) is 15.6. The van der Waals surface area contributed by atoms with Gasteiger partial charge in [-0.15, -0.1) is 11.3 Å². The lowest BCUT2D eigenvalue weighted by atomic mass is 9.93. The number of fused-ring (bicyclic) bond motifs is 1. The van der Waals surface area contributed by atoms with Gasteiger partial charge < -0.3 is 5.32 Å². The predicted octanol–water partition coefficient (Wildman–Crippen LogP) is 4.21. The van der Waals surface area contributed by atoms with Gasteiger partial charge in [0.2, 0.25) is 5.91 Å². The van der Waals surface area contributed by atoms with Crippen LogP contribution >= 0.6 is 11.3 Å². The van der Waals surface area contributed by atoms with Crippen LogP contribution in [0, 0.1) is 11.3 Å². The van der Waals surface area contributed by atoms with Gasteiger partial charge in [0.1, 0.15) is 0 Å². The van der Waals surface area contributed by atoms with Crippen LogP contribution in [0.1, 0.15) is 27.6 Å². The summed E-state index contributed by atoms with van der Waals surface area (Å²) in [6, 6.07) is 21.7. The van der Waals surface area contributed by atoms with E-state index in [0.717, 1.165) is 13.0 Å². The summed E-state index contributed by atoms with van der Waals surface area (Å²) in [4.78, 5) is 16.3.